The Morgan fingerprint density at radius 2 is 1.89 bits per heavy atom. The van der Waals surface area contributed by atoms with E-state index in [4.69, 9.17) is 4.74 Å². The lowest BCUT2D eigenvalue weighted by Gasteiger charge is -2.31. The first kappa shape index (κ1) is 19.5. The second-order valence-electron chi connectivity index (χ2n) is 6.52. The summed E-state index contributed by atoms with van der Waals surface area (Å²) in [5, 5.41) is 19.5. The summed E-state index contributed by atoms with van der Waals surface area (Å²) in [6, 6.07) is 10.9. The molecule has 5 nitrogen and oxygen atoms in total. The molecule has 2 N–H and O–H groups in total. The monoisotopic (exact) mass is 431 g/mol. The summed E-state index contributed by atoms with van der Waals surface area (Å²) in [4.78, 5) is 14.6. The van der Waals surface area contributed by atoms with Gasteiger partial charge in [-0.3, -0.25) is 4.79 Å². The molecule has 0 aliphatic carbocycles. The Balaban J connectivity index is 1.69. The van der Waals surface area contributed by atoms with Gasteiger partial charge in [0.05, 0.1) is 17.7 Å². The van der Waals surface area contributed by atoms with Crippen molar-refractivity contribution >= 4 is 33.5 Å². The molecule has 142 valence electrons. The maximum absolute atomic E-state index is 12.4. The highest BCUT2D eigenvalue weighted by atomic mass is 79.9. The molecule has 6 heteroatoms. The van der Waals surface area contributed by atoms with E-state index in [-0.39, 0.29) is 17.6 Å². The number of carbonyl (C=O) groups is 1. The van der Waals surface area contributed by atoms with Crippen LogP contribution in [0.1, 0.15) is 28.8 Å². The van der Waals surface area contributed by atoms with Gasteiger partial charge in [-0.15, -0.1) is 0 Å². The van der Waals surface area contributed by atoms with Gasteiger partial charge in [0.25, 0.3) is 0 Å². The molecular formula is C21H22BrNO4. The van der Waals surface area contributed by atoms with Crippen molar-refractivity contribution in [2.45, 2.75) is 18.9 Å². The molecule has 2 aromatic rings. The first-order chi connectivity index (χ1) is 13.0. The Labute approximate surface area is 167 Å². The van der Waals surface area contributed by atoms with Gasteiger partial charge < -0.3 is 19.8 Å². The van der Waals surface area contributed by atoms with Crippen molar-refractivity contribution in [3.8, 4) is 11.5 Å². The van der Waals surface area contributed by atoms with Crippen LogP contribution in [0.15, 0.2) is 46.9 Å². The number of phenols is 1. The van der Waals surface area contributed by atoms with Gasteiger partial charge in [-0.1, -0.05) is 6.08 Å². The van der Waals surface area contributed by atoms with Crippen LogP contribution in [0.4, 0.5) is 5.69 Å². The number of carbonyl (C=O) groups excluding carboxylic acids is 1. The number of anilines is 1. The first-order valence-corrected chi connectivity index (χ1v) is 9.59. The van der Waals surface area contributed by atoms with E-state index in [0.29, 0.717) is 15.8 Å². The predicted octanol–water partition coefficient (Wildman–Crippen LogP) is 4.02. The van der Waals surface area contributed by atoms with Crippen LogP contribution in [0.3, 0.4) is 0 Å². The lowest BCUT2D eigenvalue weighted by molar-refractivity contribution is 0.104. The van der Waals surface area contributed by atoms with Crippen LogP contribution in [0, 0.1) is 0 Å². The third-order valence-electron chi connectivity index (χ3n) is 4.68. The van der Waals surface area contributed by atoms with Crippen LogP contribution in [0.2, 0.25) is 0 Å². The Kier molecular flexibility index (Phi) is 6.19. The Hall–Kier alpha value is -2.31. The topological polar surface area (TPSA) is 70.0 Å². The fourth-order valence-electron chi connectivity index (χ4n) is 3.07. The maximum Gasteiger partial charge on any atom is 0.185 e. The quantitative estimate of drug-likeness (QED) is 0.552. The number of ether oxygens (including phenoxy) is 1. The average Bonchev–Trinajstić information content (AvgIpc) is 2.69. The van der Waals surface area contributed by atoms with Gasteiger partial charge in [0, 0.05) is 24.3 Å². The summed E-state index contributed by atoms with van der Waals surface area (Å²) >= 11 is 3.27. The number of piperidine rings is 1. The lowest BCUT2D eigenvalue weighted by Crippen LogP contribution is -2.35. The molecule has 3 rings (SSSR count). The number of benzene rings is 2. The molecule has 0 amide bonds. The Morgan fingerprint density at radius 3 is 2.52 bits per heavy atom. The van der Waals surface area contributed by atoms with Crippen molar-refractivity contribution in [3.63, 3.8) is 0 Å². The zero-order valence-electron chi connectivity index (χ0n) is 15.1. The van der Waals surface area contributed by atoms with E-state index >= 15 is 0 Å². The average molecular weight is 432 g/mol. The molecule has 1 saturated heterocycles. The number of phenolic OH excluding ortho intramolecular Hbond substituents is 1. The van der Waals surface area contributed by atoms with Crippen LogP contribution in [-0.4, -0.2) is 42.3 Å². The number of allylic oxidation sites excluding steroid dienone is 1. The normalized spacial score (nSPS) is 15.3. The summed E-state index contributed by atoms with van der Waals surface area (Å²) in [5.74, 6) is 0.271. The maximum atomic E-state index is 12.4. The van der Waals surface area contributed by atoms with E-state index in [1.54, 1.807) is 18.2 Å². The van der Waals surface area contributed by atoms with Crippen molar-refractivity contribution in [2.75, 3.05) is 25.1 Å². The van der Waals surface area contributed by atoms with Gasteiger partial charge in [0.1, 0.15) is 0 Å². The van der Waals surface area contributed by atoms with E-state index in [2.05, 4.69) is 20.8 Å². The van der Waals surface area contributed by atoms with Crippen molar-refractivity contribution in [1.29, 1.82) is 0 Å². The molecule has 1 fully saturated rings. The minimum atomic E-state index is -0.203. The molecule has 1 aliphatic rings. The minimum absolute atomic E-state index is 0.0294. The van der Waals surface area contributed by atoms with E-state index in [1.165, 1.54) is 13.2 Å². The van der Waals surface area contributed by atoms with Gasteiger partial charge in [-0.25, -0.2) is 0 Å². The highest BCUT2D eigenvalue weighted by Gasteiger charge is 2.17. The highest BCUT2D eigenvalue weighted by molar-refractivity contribution is 9.10. The minimum Gasteiger partial charge on any atom is -0.503 e. The third-order valence-corrected chi connectivity index (χ3v) is 5.28. The molecule has 2 aromatic carbocycles. The molecule has 0 bridgehead atoms. The number of aliphatic hydroxyl groups excluding tert-OH is 1. The zero-order chi connectivity index (χ0) is 19.4. The fraction of sp³-hybridized carbons (Fsp3) is 0.286. The molecule has 0 spiro atoms. The number of hydrogen-bond donors (Lipinski definition) is 2. The largest absolute Gasteiger partial charge is 0.503 e. The molecule has 0 unspecified atom stereocenters. The van der Waals surface area contributed by atoms with Crippen LogP contribution < -0.4 is 9.64 Å². The SMILES string of the molecule is COc1cc(C=CC(=O)c2ccc(N3CCC(O)CC3)cc2)cc(Br)c1O. The highest BCUT2D eigenvalue weighted by Crippen LogP contribution is 2.35. The van der Waals surface area contributed by atoms with Crippen LogP contribution >= 0.6 is 15.9 Å². The van der Waals surface area contributed by atoms with Crippen molar-refractivity contribution < 1.29 is 19.7 Å². The number of methoxy groups -OCH3 is 1. The number of ketones is 1. The fourth-order valence-corrected chi connectivity index (χ4v) is 3.53. The third kappa shape index (κ3) is 4.70. The standard InChI is InChI=1S/C21H22BrNO4/c1-27-20-13-14(12-18(22)21(20)26)2-7-19(25)15-3-5-16(6-4-15)23-10-8-17(24)9-11-23/h2-7,12-13,17,24,26H,8-11H2,1H3. The second-order valence-corrected chi connectivity index (χ2v) is 7.37. The summed E-state index contributed by atoms with van der Waals surface area (Å²) < 4.78 is 5.62. The van der Waals surface area contributed by atoms with Crippen molar-refractivity contribution in [3.05, 3.63) is 58.1 Å². The summed E-state index contributed by atoms with van der Waals surface area (Å²) in [5.41, 5.74) is 2.42. The Morgan fingerprint density at radius 1 is 1.22 bits per heavy atom. The van der Waals surface area contributed by atoms with Gasteiger partial charge in [0.15, 0.2) is 17.3 Å². The predicted molar refractivity (Wildman–Crippen MR) is 110 cm³/mol. The van der Waals surface area contributed by atoms with Crippen LogP contribution in [0.5, 0.6) is 11.5 Å². The summed E-state index contributed by atoms with van der Waals surface area (Å²) in [6.45, 7) is 1.65. The lowest BCUT2D eigenvalue weighted by atomic mass is 10.1. The zero-order valence-corrected chi connectivity index (χ0v) is 16.6. The number of nitrogens with zero attached hydrogens (tertiary/aromatic N) is 1. The first-order valence-electron chi connectivity index (χ1n) is 8.80. The molecular weight excluding hydrogens is 410 g/mol. The molecule has 0 radical (unpaired) electrons. The van der Waals surface area contributed by atoms with Gasteiger partial charge >= 0.3 is 0 Å². The van der Waals surface area contributed by atoms with Gasteiger partial charge in [-0.2, -0.15) is 0 Å². The number of aliphatic hydroxyl groups is 1. The number of aromatic hydroxyl groups is 1. The van der Waals surface area contributed by atoms with Crippen LogP contribution in [-0.2, 0) is 0 Å². The molecule has 27 heavy (non-hydrogen) atoms. The summed E-state index contributed by atoms with van der Waals surface area (Å²) in [7, 11) is 1.48. The van der Waals surface area contributed by atoms with Gasteiger partial charge in [0.2, 0.25) is 0 Å². The number of rotatable bonds is 5. The van der Waals surface area contributed by atoms with Crippen molar-refractivity contribution in [2.24, 2.45) is 0 Å². The number of halogens is 1. The molecule has 0 saturated carbocycles. The van der Waals surface area contributed by atoms with Gasteiger partial charge in [-0.05, 0) is 76.8 Å². The smallest absolute Gasteiger partial charge is 0.185 e. The van der Waals surface area contributed by atoms with E-state index < -0.39 is 0 Å². The molecule has 0 atom stereocenters. The number of hydrogen-bond acceptors (Lipinski definition) is 5. The van der Waals surface area contributed by atoms with E-state index in [0.717, 1.165) is 37.2 Å². The molecule has 0 aromatic heterocycles. The van der Waals surface area contributed by atoms with E-state index in [9.17, 15) is 15.0 Å². The Bertz CT molecular complexity index is 840. The molecule has 1 aliphatic heterocycles. The molecule has 1 heterocycles. The van der Waals surface area contributed by atoms with E-state index in [1.807, 2.05) is 24.3 Å². The second kappa shape index (κ2) is 8.59. The summed E-state index contributed by atoms with van der Waals surface area (Å²) in [6.07, 6.45) is 4.54. The van der Waals surface area contributed by atoms with Crippen LogP contribution in [0.25, 0.3) is 6.08 Å². The van der Waals surface area contributed by atoms with Crippen molar-refractivity contribution in [1.82, 2.24) is 0 Å².